The van der Waals surface area contributed by atoms with E-state index in [0.29, 0.717) is 5.75 Å². The van der Waals surface area contributed by atoms with Crippen molar-refractivity contribution in [1.82, 2.24) is 5.32 Å². The minimum atomic E-state index is -1.02. The quantitative estimate of drug-likeness (QED) is 0.806. The van der Waals surface area contributed by atoms with Crippen molar-refractivity contribution in [2.45, 2.75) is 26.3 Å². The molecular weight excluding hydrogens is 332 g/mol. The number of hydrogen-bond acceptors (Lipinski definition) is 5. The summed E-state index contributed by atoms with van der Waals surface area (Å²) in [4.78, 5) is 24.4. The normalized spacial score (nSPS) is 12.9. The summed E-state index contributed by atoms with van der Waals surface area (Å²) in [6, 6.07) is 13.0. The molecule has 2 aromatic rings. The van der Waals surface area contributed by atoms with Gasteiger partial charge in [-0.1, -0.05) is 38.1 Å². The van der Waals surface area contributed by atoms with Gasteiger partial charge in [-0.2, -0.15) is 5.26 Å². The van der Waals surface area contributed by atoms with Crippen LogP contribution in [0.5, 0.6) is 5.75 Å². The van der Waals surface area contributed by atoms with E-state index < -0.39 is 24.0 Å². The Morgan fingerprint density at radius 1 is 1.23 bits per heavy atom. The molecule has 0 fully saturated rings. The molecule has 0 aromatic heterocycles. The first-order chi connectivity index (χ1) is 12.3. The molecule has 2 rings (SSSR count). The van der Waals surface area contributed by atoms with Crippen LogP contribution in [0.1, 0.15) is 31.1 Å². The Hall–Kier alpha value is -3.07. The highest BCUT2D eigenvalue weighted by atomic mass is 16.5. The first kappa shape index (κ1) is 19.3. The number of hydrogen-bond donors (Lipinski definition) is 1. The van der Waals surface area contributed by atoms with Gasteiger partial charge in [-0.15, -0.1) is 0 Å². The summed E-state index contributed by atoms with van der Waals surface area (Å²) in [5.74, 6) is -0.910. The molecule has 0 saturated carbocycles. The molecule has 0 aliphatic carbocycles. The Labute approximate surface area is 152 Å². The number of rotatable bonds is 6. The van der Waals surface area contributed by atoms with Gasteiger partial charge in [0.1, 0.15) is 16.9 Å². The van der Waals surface area contributed by atoms with Crippen LogP contribution in [-0.4, -0.2) is 31.1 Å². The van der Waals surface area contributed by atoms with E-state index in [1.165, 1.54) is 7.11 Å². The van der Waals surface area contributed by atoms with Gasteiger partial charge in [0.2, 0.25) is 0 Å². The maximum atomic E-state index is 12.4. The molecule has 1 atom stereocenters. The van der Waals surface area contributed by atoms with E-state index in [1.807, 2.05) is 38.1 Å². The average molecular weight is 354 g/mol. The highest BCUT2D eigenvalue weighted by molar-refractivity contribution is 5.99. The standard InChI is InChI=1S/C20H22N2O4/c1-13(2)20(3,12-21)22-18(23)11-26-19(24)16-9-14-7-5-6-8-15(14)10-17(16)25-4/h5-10,13H,11H2,1-4H3,(H,22,23)/t20-/m1/s1. The van der Waals surface area contributed by atoms with E-state index in [1.54, 1.807) is 19.1 Å². The summed E-state index contributed by atoms with van der Waals surface area (Å²) in [6.07, 6.45) is 0. The van der Waals surface area contributed by atoms with Gasteiger partial charge in [-0.3, -0.25) is 4.79 Å². The topological polar surface area (TPSA) is 88.4 Å². The van der Waals surface area contributed by atoms with Crippen molar-refractivity contribution in [1.29, 1.82) is 5.26 Å². The van der Waals surface area contributed by atoms with Crippen LogP contribution in [0.15, 0.2) is 36.4 Å². The van der Waals surface area contributed by atoms with Crippen LogP contribution in [-0.2, 0) is 9.53 Å². The lowest BCUT2D eigenvalue weighted by atomic mass is 9.90. The lowest BCUT2D eigenvalue weighted by Gasteiger charge is -2.27. The minimum absolute atomic E-state index is 0.0901. The molecule has 1 N–H and O–H groups in total. The number of amides is 1. The van der Waals surface area contributed by atoms with Gasteiger partial charge >= 0.3 is 5.97 Å². The van der Waals surface area contributed by atoms with Gasteiger partial charge in [-0.05, 0) is 35.7 Å². The van der Waals surface area contributed by atoms with Crippen molar-refractivity contribution >= 4 is 22.6 Å². The fourth-order valence-electron chi connectivity index (χ4n) is 2.38. The molecule has 1 amide bonds. The number of esters is 1. The molecular formula is C20H22N2O4. The van der Waals surface area contributed by atoms with Gasteiger partial charge in [0.15, 0.2) is 6.61 Å². The number of benzene rings is 2. The van der Waals surface area contributed by atoms with Crippen LogP contribution < -0.4 is 10.1 Å². The molecule has 0 unspecified atom stereocenters. The maximum Gasteiger partial charge on any atom is 0.342 e. The maximum absolute atomic E-state index is 12.4. The molecule has 0 bridgehead atoms. The third kappa shape index (κ3) is 4.12. The Morgan fingerprint density at radius 2 is 1.85 bits per heavy atom. The number of carbonyl (C=O) groups is 2. The summed E-state index contributed by atoms with van der Waals surface area (Å²) in [6.45, 7) is 4.81. The zero-order valence-corrected chi connectivity index (χ0v) is 15.3. The SMILES string of the molecule is COc1cc2ccccc2cc1C(=O)OCC(=O)N[C@](C)(C#N)C(C)C. The van der Waals surface area contributed by atoms with Gasteiger partial charge in [0, 0.05) is 0 Å². The first-order valence-corrected chi connectivity index (χ1v) is 8.27. The van der Waals surface area contributed by atoms with Crippen molar-refractivity contribution < 1.29 is 19.1 Å². The van der Waals surface area contributed by atoms with Gasteiger partial charge < -0.3 is 14.8 Å². The minimum Gasteiger partial charge on any atom is -0.496 e. The Morgan fingerprint density at radius 3 is 2.38 bits per heavy atom. The molecule has 2 aromatic carbocycles. The van der Waals surface area contributed by atoms with Crippen molar-refractivity contribution in [3.63, 3.8) is 0 Å². The largest absolute Gasteiger partial charge is 0.496 e. The molecule has 0 radical (unpaired) electrons. The number of ether oxygens (including phenoxy) is 2. The fraction of sp³-hybridized carbons (Fsp3) is 0.350. The summed E-state index contributed by atoms with van der Waals surface area (Å²) in [7, 11) is 1.47. The molecule has 0 saturated heterocycles. The molecule has 6 nitrogen and oxygen atoms in total. The number of nitrogens with one attached hydrogen (secondary N) is 1. The second-order valence-electron chi connectivity index (χ2n) is 6.49. The monoisotopic (exact) mass is 354 g/mol. The van der Waals surface area contributed by atoms with Crippen LogP contribution >= 0.6 is 0 Å². The van der Waals surface area contributed by atoms with Crippen LogP contribution in [0.4, 0.5) is 0 Å². The highest BCUT2D eigenvalue weighted by Crippen LogP contribution is 2.26. The lowest BCUT2D eigenvalue weighted by molar-refractivity contribution is -0.125. The third-order valence-corrected chi connectivity index (χ3v) is 4.41. The van der Waals surface area contributed by atoms with E-state index in [0.717, 1.165) is 10.8 Å². The Kier molecular flexibility index (Phi) is 5.83. The van der Waals surface area contributed by atoms with E-state index in [-0.39, 0.29) is 11.5 Å². The molecule has 0 aliphatic rings. The number of fused-ring (bicyclic) bond motifs is 1. The van der Waals surface area contributed by atoms with Crippen LogP contribution in [0, 0.1) is 17.2 Å². The number of carbonyl (C=O) groups excluding carboxylic acids is 2. The summed E-state index contributed by atoms with van der Waals surface area (Å²) in [5, 5.41) is 13.6. The van der Waals surface area contributed by atoms with Crippen molar-refractivity contribution in [2.24, 2.45) is 5.92 Å². The Bertz CT molecular complexity index is 870. The molecule has 6 heteroatoms. The van der Waals surface area contributed by atoms with Gasteiger partial charge in [0.25, 0.3) is 5.91 Å². The highest BCUT2D eigenvalue weighted by Gasteiger charge is 2.30. The van der Waals surface area contributed by atoms with Crippen molar-refractivity contribution in [2.75, 3.05) is 13.7 Å². The van der Waals surface area contributed by atoms with Crippen molar-refractivity contribution in [3.8, 4) is 11.8 Å². The zero-order chi connectivity index (χ0) is 19.3. The smallest absolute Gasteiger partial charge is 0.342 e. The number of methoxy groups -OCH3 is 1. The summed E-state index contributed by atoms with van der Waals surface area (Å²) in [5.41, 5.74) is -0.782. The van der Waals surface area contributed by atoms with E-state index in [2.05, 4.69) is 11.4 Å². The fourth-order valence-corrected chi connectivity index (χ4v) is 2.38. The predicted octanol–water partition coefficient (Wildman–Crippen LogP) is 3.06. The van der Waals surface area contributed by atoms with Crippen LogP contribution in [0.2, 0.25) is 0 Å². The summed E-state index contributed by atoms with van der Waals surface area (Å²) < 4.78 is 10.4. The van der Waals surface area contributed by atoms with Crippen LogP contribution in [0.3, 0.4) is 0 Å². The first-order valence-electron chi connectivity index (χ1n) is 8.27. The van der Waals surface area contributed by atoms with Crippen LogP contribution in [0.25, 0.3) is 10.8 Å². The number of nitrogens with zero attached hydrogens (tertiary/aromatic N) is 1. The van der Waals surface area contributed by atoms with Gasteiger partial charge in [-0.25, -0.2) is 4.79 Å². The van der Waals surface area contributed by atoms with E-state index >= 15 is 0 Å². The van der Waals surface area contributed by atoms with E-state index in [9.17, 15) is 14.9 Å². The molecule has 26 heavy (non-hydrogen) atoms. The average Bonchev–Trinajstić information content (AvgIpc) is 2.64. The second-order valence-corrected chi connectivity index (χ2v) is 6.49. The second kappa shape index (κ2) is 7.87. The zero-order valence-electron chi connectivity index (χ0n) is 15.3. The summed E-state index contributed by atoms with van der Waals surface area (Å²) >= 11 is 0. The Balaban J connectivity index is 2.12. The molecule has 0 spiro atoms. The third-order valence-electron chi connectivity index (χ3n) is 4.41. The predicted molar refractivity (Wildman–Crippen MR) is 97.8 cm³/mol. The molecule has 0 aliphatic heterocycles. The molecule has 0 heterocycles. The number of nitriles is 1. The lowest BCUT2D eigenvalue weighted by Crippen LogP contribution is -2.50. The van der Waals surface area contributed by atoms with Crippen molar-refractivity contribution in [3.05, 3.63) is 42.0 Å². The van der Waals surface area contributed by atoms with Gasteiger partial charge in [0.05, 0.1) is 13.2 Å². The molecule has 136 valence electrons. The van der Waals surface area contributed by atoms with E-state index in [4.69, 9.17) is 9.47 Å².